The molecular weight excluding hydrogens is 258 g/mol. The highest BCUT2D eigenvalue weighted by atomic mass is 16.5. The van der Waals surface area contributed by atoms with Gasteiger partial charge in [0.2, 0.25) is 0 Å². The van der Waals surface area contributed by atoms with E-state index in [1.54, 1.807) is 0 Å². The molecule has 0 saturated heterocycles. The summed E-state index contributed by atoms with van der Waals surface area (Å²) in [5.41, 5.74) is 11.1. The van der Waals surface area contributed by atoms with Crippen molar-refractivity contribution in [1.29, 1.82) is 0 Å². The summed E-state index contributed by atoms with van der Waals surface area (Å²) >= 11 is 0. The van der Waals surface area contributed by atoms with Crippen LogP contribution in [0.1, 0.15) is 35.6 Å². The van der Waals surface area contributed by atoms with Gasteiger partial charge in [0.25, 0.3) is 0 Å². The maximum absolute atomic E-state index is 5.98. The number of ether oxygens (including phenoxy) is 1. The van der Waals surface area contributed by atoms with Gasteiger partial charge in [0.15, 0.2) is 0 Å². The zero-order chi connectivity index (χ0) is 15.2. The summed E-state index contributed by atoms with van der Waals surface area (Å²) in [5.74, 6) is 0.909. The van der Waals surface area contributed by atoms with E-state index in [4.69, 9.17) is 10.5 Å². The Hall–Kier alpha value is -1.80. The van der Waals surface area contributed by atoms with Crippen LogP contribution in [0.15, 0.2) is 42.5 Å². The van der Waals surface area contributed by atoms with Gasteiger partial charge in [0.05, 0.1) is 0 Å². The fraction of sp³-hybridized carbons (Fsp3) is 0.368. The van der Waals surface area contributed by atoms with E-state index in [-0.39, 0.29) is 6.04 Å². The van der Waals surface area contributed by atoms with Gasteiger partial charge in [-0.15, -0.1) is 0 Å². The molecule has 0 fully saturated rings. The normalized spacial score (nSPS) is 12.2. The van der Waals surface area contributed by atoms with Crippen LogP contribution < -0.4 is 10.5 Å². The average molecular weight is 283 g/mol. The van der Waals surface area contributed by atoms with Crippen LogP contribution in [0.3, 0.4) is 0 Å². The molecule has 2 aromatic rings. The summed E-state index contributed by atoms with van der Waals surface area (Å²) in [6.07, 6.45) is 1.93. The van der Waals surface area contributed by atoms with Gasteiger partial charge in [0, 0.05) is 6.04 Å². The molecule has 0 radical (unpaired) electrons. The Morgan fingerprint density at radius 3 is 2.19 bits per heavy atom. The lowest BCUT2D eigenvalue weighted by molar-refractivity contribution is 0.304. The molecule has 112 valence electrons. The molecule has 2 heteroatoms. The molecule has 0 spiro atoms. The Labute approximate surface area is 127 Å². The lowest BCUT2D eigenvalue weighted by Crippen LogP contribution is -2.21. The summed E-state index contributed by atoms with van der Waals surface area (Å²) in [6.45, 7) is 6.99. The van der Waals surface area contributed by atoms with Crippen molar-refractivity contribution in [3.05, 3.63) is 64.7 Å². The molecular formula is C19H25NO. The van der Waals surface area contributed by atoms with E-state index in [0.29, 0.717) is 6.61 Å². The number of hydrogen-bond donors (Lipinski definition) is 1. The lowest BCUT2D eigenvalue weighted by atomic mass is 10.0. The number of aryl methyl sites for hydroxylation is 2. The fourth-order valence-corrected chi connectivity index (χ4v) is 2.40. The van der Waals surface area contributed by atoms with Gasteiger partial charge in [-0.05, 0) is 61.1 Å². The van der Waals surface area contributed by atoms with E-state index in [9.17, 15) is 0 Å². The lowest BCUT2D eigenvalue weighted by Gasteiger charge is -2.12. The van der Waals surface area contributed by atoms with E-state index < -0.39 is 0 Å². The van der Waals surface area contributed by atoms with Crippen LogP contribution in [-0.4, -0.2) is 6.04 Å². The number of hydrogen-bond acceptors (Lipinski definition) is 2. The molecule has 0 aromatic heterocycles. The molecule has 0 heterocycles. The van der Waals surface area contributed by atoms with Gasteiger partial charge in [-0.25, -0.2) is 0 Å². The Balaban J connectivity index is 1.98. The first-order valence-electron chi connectivity index (χ1n) is 7.62. The van der Waals surface area contributed by atoms with Gasteiger partial charge < -0.3 is 10.5 Å². The second-order valence-corrected chi connectivity index (χ2v) is 5.68. The first-order chi connectivity index (χ1) is 10.1. The molecule has 0 aliphatic heterocycles. The molecule has 0 amide bonds. The highest BCUT2D eigenvalue weighted by Gasteiger charge is 2.04. The maximum atomic E-state index is 5.98. The molecule has 2 N–H and O–H groups in total. The van der Waals surface area contributed by atoms with Crippen LogP contribution in [0.4, 0.5) is 0 Å². The SMILES string of the molecule is CCC(N)Cc1ccc(OCc2c(C)cccc2C)cc1. The Morgan fingerprint density at radius 1 is 1.00 bits per heavy atom. The Morgan fingerprint density at radius 2 is 1.62 bits per heavy atom. The molecule has 21 heavy (non-hydrogen) atoms. The van der Waals surface area contributed by atoms with Crippen LogP contribution in [-0.2, 0) is 13.0 Å². The minimum absolute atomic E-state index is 0.242. The summed E-state index contributed by atoms with van der Waals surface area (Å²) in [5, 5.41) is 0. The summed E-state index contributed by atoms with van der Waals surface area (Å²) in [6, 6.07) is 14.9. The number of benzene rings is 2. The second kappa shape index (κ2) is 7.28. The van der Waals surface area contributed by atoms with Crippen molar-refractivity contribution in [2.75, 3.05) is 0 Å². The van der Waals surface area contributed by atoms with Crippen molar-refractivity contribution in [3.8, 4) is 5.75 Å². The number of nitrogens with two attached hydrogens (primary N) is 1. The Bertz CT molecular complexity index is 554. The molecule has 0 aliphatic carbocycles. The highest BCUT2D eigenvalue weighted by molar-refractivity contribution is 5.34. The van der Waals surface area contributed by atoms with Gasteiger partial charge >= 0.3 is 0 Å². The van der Waals surface area contributed by atoms with Crippen LogP contribution in [0.2, 0.25) is 0 Å². The molecule has 2 nitrogen and oxygen atoms in total. The largest absolute Gasteiger partial charge is 0.489 e. The predicted molar refractivity (Wildman–Crippen MR) is 88.7 cm³/mol. The molecule has 0 saturated carbocycles. The van der Waals surface area contributed by atoms with E-state index >= 15 is 0 Å². The van der Waals surface area contributed by atoms with Crippen molar-refractivity contribution in [1.82, 2.24) is 0 Å². The maximum Gasteiger partial charge on any atom is 0.119 e. The monoisotopic (exact) mass is 283 g/mol. The van der Waals surface area contributed by atoms with Crippen molar-refractivity contribution in [3.63, 3.8) is 0 Å². The van der Waals surface area contributed by atoms with Crippen LogP contribution in [0.5, 0.6) is 5.75 Å². The van der Waals surface area contributed by atoms with E-state index in [0.717, 1.165) is 18.6 Å². The van der Waals surface area contributed by atoms with Crippen molar-refractivity contribution >= 4 is 0 Å². The molecule has 2 rings (SSSR count). The first kappa shape index (κ1) is 15.6. The van der Waals surface area contributed by atoms with E-state index in [1.165, 1.54) is 22.3 Å². The van der Waals surface area contributed by atoms with E-state index in [2.05, 4.69) is 51.1 Å². The summed E-state index contributed by atoms with van der Waals surface area (Å²) < 4.78 is 5.91. The topological polar surface area (TPSA) is 35.2 Å². The smallest absolute Gasteiger partial charge is 0.119 e. The standard InChI is InChI=1S/C19H25NO/c1-4-17(20)12-16-8-10-18(11-9-16)21-13-19-14(2)6-5-7-15(19)3/h5-11,17H,4,12-13,20H2,1-3H3. The van der Waals surface area contributed by atoms with Crippen molar-refractivity contribution in [2.24, 2.45) is 5.73 Å². The third-order valence-corrected chi connectivity index (χ3v) is 3.97. The number of rotatable bonds is 6. The first-order valence-corrected chi connectivity index (χ1v) is 7.62. The second-order valence-electron chi connectivity index (χ2n) is 5.68. The summed E-state index contributed by atoms with van der Waals surface area (Å²) in [7, 11) is 0. The molecule has 1 unspecified atom stereocenters. The zero-order valence-electron chi connectivity index (χ0n) is 13.2. The van der Waals surface area contributed by atoms with Gasteiger partial charge in [0.1, 0.15) is 12.4 Å². The average Bonchev–Trinajstić information content (AvgIpc) is 2.48. The van der Waals surface area contributed by atoms with E-state index in [1.807, 2.05) is 12.1 Å². The molecule has 2 aromatic carbocycles. The van der Waals surface area contributed by atoms with Crippen LogP contribution >= 0.6 is 0 Å². The third kappa shape index (κ3) is 4.33. The molecule has 0 bridgehead atoms. The third-order valence-electron chi connectivity index (χ3n) is 3.97. The van der Waals surface area contributed by atoms with Crippen LogP contribution in [0.25, 0.3) is 0 Å². The highest BCUT2D eigenvalue weighted by Crippen LogP contribution is 2.18. The summed E-state index contributed by atoms with van der Waals surface area (Å²) in [4.78, 5) is 0. The van der Waals surface area contributed by atoms with Gasteiger partial charge in [-0.3, -0.25) is 0 Å². The van der Waals surface area contributed by atoms with Gasteiger partial charge in [-0.2, -0.15) is 0 Å². The molecule has 0 aliphatic rings. The van der Waals surface area contributed by atoms with Crippen molar-refractivity contribution < 1.29 is 4.74 Å². The minimum Gasteiger partial charge on any atom is -0.489 e. The zero-order valence-corrected chi connectivity index (χ0v) is 13.2. The van der Waals surface area contributed by atoms with Crippen molar-refractivity contribution in [2.45, 2.75) is 46.3 Å². The van der Waals surface area contributed by atoms with Gasteiger partial charge in [-0.1, -0.05) is 37.3 Å². The fourth-order valence-electron chi connectivity index (χ4n) is 2.40. The van der Waals surface area contributed by atoms with Crippen LogP contribution in [0, 0.1) is 13.8 Å². The predicted octanol–water partition coefficient (Wildman–Crippen LogP) is 4.16. The minimum atomic E-state index is 0.242. The Kier molecular flexibility index (Phi) is 5.40. The quantitative estimate of drug-likeness (QED) is 0.864. The molecule has 1 atom stereocenters.